The maximum absolute atomic E-state index is 12.1. The Morgan fingerprint density at radius 3 is 2.14 bits per heavy atom. The van der Waals surface area contributed by atoms with E-state index in [1.807, 2.05) is 6.92 Å². The van der Waals surface area contributed by atoms with Gasteiger partial charge in [0.2, 0.25) is 0 Å². The normalized spacial score (nSPS) is 28.2. The number of ether oxygens (including phenoxy) is 1. The van der Waals surface area contributed by atoms with Crippen LogP contribution >= 0.6 is 0 Å². The van der Waals surface area contributed by atoms with Crippen molar-refractivity contribution >= 4 is 5.78 Å². The Kier molecular flexibility index (Phi) is 3.36. The molecule has 0 aromatic rings. The second kappa shape index (κ2) is 4.01. The fourth-order valence-corrected chi connectivity index (χ4v) is 1.83. The highest BCUT2D eigenvalue weighted by atomic mass is 16.6. The van der Waals surface area contributed by atoms with Crippen molar-refractivity contribution in [1.82, 2.24) is 0 Å². The molecule has 14 heavy (non-hydrogen) atoms. The fourth-order valence-electron chi connectivity index (χ4n) is 1.83. The molecule has 0 N–H and O–H groups in total. The van der Waals surface area contributed by atoms with Crippen LogP contribution < -0.4 is 0 Å². The van der Waals surface area contributed by atoms with Crippen LogP contribution in [-0.2, 0) is 9.53 Å². The molecular weight excluding hydrogens is 176 g/mol. The van der Waals surface area contributed by atoms with E-state index >= 15 is 0 Å². The molecule has 0 amide bonds. The Hall–Kier alpha value is -0.370. The van der Waals surface area contributed by atoms with Crippen LogP contribution in [0.5, 0.6) is 0 Å². The molecule has 0 radical (unpaired) electrons. The third-order valence-corrected chi connectivity index (χ3v) is 2.97. The molecule has 0 bridgehead atoms. The Bertz CT molecular complexity index is 214. The molecule has 0 aromatic heterocycles. The molecule has 2 heteroatoms. The molecule has 1 heterocycles. The van der Waals surface area contributed by atoms with E-state index in [2.05, 4.69) is 27.7 Å². The van der Waals surface area contributed by atoms with Gasteiger partial charge in [0.15, 0.2) is 5.78 Å². The van der Waals surface area contributed by atoms with Gasteiger partial charge < -0.3 is 4.74 Å². The van der Waals surface area contributed by atoms with Gasteiger partial charge in [-0.25, -0.2) is 0 Å². The third kappa shape index (κ3) is 2.57. The SMILES string of the molecule is CC(C)C[C@@H](C(=O)[C@@]1(C)CO1)C(C)C. The summed E-state index contributed by atoms with van der Waals surface area (Å²) in [4.78, 5) is 12.1. The number of carbonyl (C=O) groups excluding carboxylic acids is 1. The molecule has 1 saturated heterocycles. The Morgan fingerprint density at radius 1 is 1.36 bits per heavy atom. The number of epoxide rings is 1. The average Bonchev–Trinajstić information content (AvgIpc) is 2.79. The highest BCUT2D eigenvalue weighted by Gasteiger charge is 2.49. The van der Waals surface area contributed by atoms with Gasteiger partial charge in [0.05, 0.1) is 6.61 Å². The number of ketones is 1. The topological polar surface area (TPSA) is 29.6 Å². The number of carbonyl (C=O) groups is 1. The molecule has 82 valence electrons. The van der Waals surface area contributed by atoms with Gasteiger partial charge in [-0.05, 0) is 25.2 Å². The summed E-state index contributed by atoms with van der Waals surface area (Å²) in [5.41, 5.74) is -0.441. The minimum absolute atomic E-state index is 0.169. The largest absolute Gasteiger partial charge is 0.362 e. The van der Waals surface area contributed by atoms with Gasteiger partial charge in [0, 0.05) is 5.92 Å². The van der Waals surface area contributed by atoms with Crippen LogP contribution in [-0.4, -0.2) is 18.0 Å². The first kappa shape index (κ1) is 11.7. The number of rotatable bonds is 5. The van der Waals surface area contributed by atoms with Crippen LogP contribution in [0.2, 0.25) is 0 Å². The predicted octanol–water partition coefficient (Wildman–Crippen LogP) is 2.66. The molecule has 0 aromatic carbocycles. The first-order chi connectivity index (χ1) is 6.37. The first-order valence-corrected chi connectivity index (χ1v) is 5.55. The quantitative estimate of drug-likeness (QED) is 0.636. The summed E-state index contributed by atoms with van der Waals surface area (Å²) in [6.45, 7) is 11.1. The van der Waals surface area contributed by atoms with E-state index in [9.17, 15) is 4.79 Å². The van der Waals surface area contributed by atoms with Gasteiger partial charge in [-0.1, -0.05) is 27.7 Å². The van der Waals surface area contributed by atoms with Crippen LogP contribution in [0, 0.1) is 17.8 Å². The molecule has 0 spiro atoms. The highest BCUT2D eigenvalue weighted by Crippen LogP contribution is 2.34. The zero-order valence-electron chi connectivity index (χ0n) is 9.96. The van der Waals surface area contributed by atoms with Gasteiger partial charge in [-0.2, -0.15) is 0 Å². The maximum atomic E-state index is 12.1. The van der Waals surface area contributed by atoms with Gasteiger partial charge in [0.25, 0.3) is 0 Å². The summed E-state index contributed by atoms with van der Waals surface area (Å²) in [5.74, 6) is 1.48. The molecule has 0 saturated carbocycles. The highest BCUT2D eigenvalue weighted by molar-refractivity contribution is 5.91. The molecule has 2 nitrogen and oxygen atoms in total. The second-order valence-electron chi connectivity index (χ2n) is 5.36. The minimum atomic E-state index is -0.441. The smallest absolute Gasteiger partial charge is 0.170 e. The monoisotopic (exact) mass is 198 g/mol. The Balaban J connectivity index is 2.62. The van der Waals surface area contributed by atoms with Gasteiger partial charge in [0.1, 0.15) is 5.60 Å². The summed E-state index contributed by atoms with van der Waals surface area (Å²) in [7, 11) is 0. The molecule has 0 unspecified atom stereocenters. The molecule has 2 atom stereocenters. The van der Waals surface area contributed by atoms with Crippen LogP contribution in [0.1, 0.15) is 41.0 Å². The van der Waals surface area contributed by atoms with E-state index in [-0.39, 0.29) is 5.92 Å². The number of hydrogen-bond donors (Lipinski definition) is 0. The van der Waals surface area contributed by atoms with Crippen LogP contribution in [0.3, 0.4) is 0 Å². The van der Waals surface area contributed by atoms with E-state index in [4.69, 9.17) is 4.74 Å². The average molecular weight is 198 g/mol. The molecule has 0 aliphatic carbocycles. The lowest BCUT2D eigenvalue weighted by Crippen LogP contribution is -2.32. The van der Waals surface area contributed by atoms with Crippen molar-refractivity contribution < 1.29 is 9.53 Å². The van der Waals surface area contributed by atoms with Crippen molar-refractivity contribution in [1.29, 1.82) is 0 Å². The van der Waals surface area contributed by atoms with Gasteiger partial charge in [-0.3, -0.25) is 4.79 Å². The van der Waals surface area contributed by atoms with Gasteiger partial charge in [-0.15, -0.1) is 0 Å². The molecule has 1 fully saturated rings. The lowest BCUT2D eigenvalue weighted by atomic mass is 9.80. The van der Waals surface area contributed by atoms with Crippen LogP contribution in [0.15, 0.2) is 0 Å². The maximum Gasteiger partial charge on any atom is 0.170 e. The van der Waals surface area contributed by atoms with Crippen molar-refractivity contribution in [3.05, 3.63) is 0 Å². The standard InChI is InChI=1S/C12H22O2/c1-8(2)6-10(9(3)4)11(13)12(5)7-14-12/h8-10H,6-7H2,1-5H3/t10-,12-/m1/s1. The van der Waals surface area contributed by atoms with Crippen LogP contribution in [0.25, 0.3) is 0 Å². The molecule has 1 rings (SSSR count). The van der Waals surface area contributed by atoms with E-state index in [0.717, 1.165) is 6.42 Å². The van der Waals surface area contributed by atoms with Crippen molar-refractivity contribution in [2.45, 2.75) is 46.6 Å². The summed E-state index contributed by atoms with van der Waals surface area (Å²) < 4.78 is 5.22. The Morgan fingerprint density at radius 2 is 1.86 bits per heavy atom. The van der Waals surface area contributed by atoms with Gasteiger partial charge >= 0.3 is 0 Å². The van der Waals surface area contributed by atoms with Crippen molar-refractivity contribution in [3.63, 3.8) is 0 Å². The summed E-state index contributed by atoms with van der Waals surface area (Å²) in [6.07, 6.45) is 0.982. The molecule has 1 aliphatic heterocycles. The fraction of sp³-hybridized carbons (Fsp3) is 0.917. The Labute approximate surface area is 87.0 Å². The molecular formula is C12H22O2. The van der Waals surface area contributed by atoms with E-state index in [1.165, 1.54) is 0 Å². The van der Waals surface area contributed by atoms with Crippen molar-refractivity contribution in [2.24, 2.45) is 17.8 Å². The number of hydrogen-bond acceptors (Lipinski definition) is 2. The summed E-state index contributed by atoms with van der Waals surface area (Å²) >= 11 is 0. The summed E-state index contributed by atoms with van der Waals surface area (Å²) in [5, 5.41) is 0. The zero-order chi connectivity index (χ0) is 10.9. The van der Waals surface area contributed by atoms with Crippen molar-refractivity contribution in [2.75, 3.05) is 6.61 Å². The zero-order valence-corrected chi connectivity index (χ0v) is 9.96. The van der Waals surface area contributed by atoms with Crippen molar-refractivity contribution in [3.8, 4) is 0 Å². The van der Waals surface area contributed by atoms with E-state index < -0.39 is 5.60 Å². The van der Waals surface area contributed by atoms with E-state index in [0.29, 0.717) is 24.2 Å². The molecule has 1 aliphatic rings. The first-order valence-electron chi connectivity index (χ1n) is 5.55. The minimum Gasteiger partial charge on any atom is -0.362 e. The number of Topliss-reactive ketones (excluding diaryl/α,β-unsaturated/α-hetero) is 1. The summed E-state index contributed by atoms with van der Waals surface area (Å²) in [6, 6.07) is 0. The third-order valence-electron chi connectivity index (χ3n) is 2.97. The lowest BCUT2D eigenvalue weighted by Gasteiger charge is -2.23. The lowest BCUT2D eigenvalue weighted by molar-refractivity contribution is -0.129. The second-order valence-corrected chi connectivity index (χ2v) is 5.36. The predicted molar refractivity (Wildman–Crippen MR) is 57.1 cm³/mol. The van der Waals surface area contributed by atoms with E-state index in [1.54, 1.807) is 0 Å². The van der Waals surface area contributed by atoms with Crippen LogP contribution in [0.4, 0.5) is 0 Å².